The molecule has 0 spiro atoms. The average Bonchev–Trinajstić information content (AvgIpc) is 3.16. The standard InChI is InChI=1S/C15H16N2O3S/c18-14(6-5-12-3-1-9-20-12)17-11-15(19)16-8-7-13-4-2-10-21-13/h1-6,9-10H,7-8,11H2,(H,16,19)(H,17,18). The number of nitrogens with one attached hydrogen (secondary N) is 2. The van der Waals surface area contributed by atoms with Crippen molar-refractivity contribution >= 4 is 29.2 Å². The number of furan rings is 1. The molecule has 2 aromatic heterocycles. The van der Waals surface area contributed by atoms with E-state index in [1.807, 2.05) is 17.5 Å². The van der Waals surface area contributed by atoms with Crippen molar-refractivity contribution < 1.29 is 14.0 Å². The summed E-state index contributed by atoms with van der Waals surface area (Å²) >= 11 is 1.66. The second kappa shape index (κ2) is 8.06. The van der Waals surface area contributed by atoms with E-state index in [2.05, 4.69) is 10.6 Å². The summed E-state index contributed by atoms with van der Waals surface area (Å²) in [4.78, 5) is 24.3. The van der Waals surface area contributed by atoms with E-state index in [4.69, 9.17) is 4.42 Å². The van der Waals surface area contributed by atoms with E-state index in [1.165, 1.54) is 17.2 Å². The highest BCUT2D eigenvalue weighted by molar-refractivity contribution is 7.09. The summed E-state index contributed by atoms with van der Waals surface area (Å²) in [6.07, 6.45) is 5.20. The van der Waals surface area contributed by atoms with Gasteiger partial charge >= 0.3 is 0 Å². The minimum atomic E-state index is -0.334. The number of rotatable bonds is 7. The van der Waals surface area contributed by atoms with Crippen LogP contribution in [-0.2, 0) is 16.0 Å². The second-order valence-corrected chi connectivity index (χ2v) is 5.28. The molecule has 2 rings (SSSR count). The van der Waals surface area contributed by atoms with Crippen LogP contribution in [0.15, 0.2) is 46.4 Å². The highest BCUT2D eigenvalue weighted by atomic mass is 32.1. The topological polar surface area (TPSA) is 71.3 Å². The molecular formula is C15H16N2O3S. The highest BCUT2D eigenvalue weighted by Gasteiger charge is 2.03. The van der Waals surface area contributed by atoms with E-state index >= 15 is 0 Å². The number of amides is 2. The molecule has 0 radical (unpaired) electrons. The summed E-state index contributed by atoms with van der Waals surface area (Å²) in [7, 11) is 0. The van der Waals surface area contributed by atoms with Crippen molar-refractivity contribution in [2.24, 2.45) is 0 Å². The molecule has 21 heavy (non-hydrogen) atoms. The van der Waals surface area contributed by atoms with Crippen LogP contribution in [0.25, 0.3) is 6.08 Å². The highest BCUT2D eigenvalue weighted by Crippen LogP contribution is 2.07. The Morgan fingerprint density at radius 3 is 2.86 bits per heavy atom. The van der Waals surface area contributed by atoms with Crippen LogP contribution in [-0.4, -0.2) is 24.9 Å². The van der Waals surface area contributed by atoms with E-state index in [0.29, 0.717) is 12.3 Å². The normalized spacial score (nSPS) is 10.7. The minimum absolute atomic E-state index is 0.0359. The first-order valence-electron chi connectivity index (χ1n) is 6.52. The third kappa shape index (κ3) is 5.66. The fourth-order valence-corrected chi connectivity index (χ4v) is 2.32. The zero-order valence-corrected chi connectivity index (χ0v) is 12.2. The number of hydrogen-bond donors (Lipinski definition) is 2. The number of hydrogen-bond acceptors (Lipinski definition) is 4. The van der Waals surface area contributed by atoms with Gasteiger partial charge in [-0.1, -0.05) is 6.07 Å². The Bertz CT molecular complexity index is 588. The van der Waals surface area contributed by atoms with Gasteiger partial charge in [0.05, 0.1) is 12.8 Å². The van der Waals surface area contributed by atoms with Gasteiger partial charge in [0.2, 0.25) is 11.8 Å². The van der Waals surface area contributed by atoms with Crippen LogP contribution < -0.4 is 10.6 Å². The molecular weight excluding hydrogens is 288 g/mol. The molecule has 2 aromatic rings. The summed E-state index contributed by atoms with van der Waals surface area (Å²) in [6, 6.07) is 7.48. The van der Waals surface area contributed by atoms with Crippen LogP contribution >= 0.6 is 11.3 Å². The van der Waals surface area contributed by atoms with Crippen LogP contribution in [0.2, 0.25) is 0 Å². The van der Waals surface area contributed by atoms with Crippen molar-refractivity contribution in [3.05, 3.63) is 52.6 Å². The number of thiophene rings is 1. The lowest BCUT2D eigenvalue weighted by atomic mass is 10.3. The molecule has 0 aliphatic carbocycles. The zero-order chi connectivity index (χ0) is 14.9. The molecule has 6 heteroatoms. The van der Waals surface area contributed by atoms with E-state index in [-0.39, 0.29) is 18.4 Å². The monoisotopic (exact) mass is 304 g/mol. The largest absolute Gasteiger partial charge is 0.465 e. The molecule has 5 nitrogen and oxygen atoms in total. The van der Waals surface area contributed by atoms with Crippen LogP contribution in [0.3, 0.4) is 0 Å². The van der Waals surface area contributed by atoms with Crippen LogP contribution in [0, 0.1) is 0 Å². The van der Waals surface area contributed by atoms with Crippen molar-refractivity contribution in [1.82, 2.24) is 10.6 Å². The van der Waals surface area contributed by atoms with Gasteiger partial charge in [0, 0.05) is 17.5 Å². The summed E-state index contributed by atoms with van der Waals surface area (Å²) < 4.78 is 5.05. The maximum absolute atomic E-state index is 11.5. The van der Waals surface area contributed by atoms with Gasteiger partial charge in [-0.3, -0.25) is 9.59 Å². The van der Waals surface area contributed by atoms with Crippen LogP contribution in [0.1, 0.15) is 10.6 Å². The van der Waals surface area contributed by atoms with Gasteiger partial charge in [0.15, 0.2) is 0 Å². The molecule has 0 aromatic carbocycles. The lowest BCUT2D eigenvalue weighted by Crippen LogP contribution is -2.37. The van der Waals surface area contributed by atoms with Gasteiger partial charge in [0.1, 0.15) is 5.76 Å². The maximum Gasteiger partial charge on any atom is 0.244 e. The quantitative estimate of drug-likeness (QED) is 0.767. The van der Waals surface area contributed by atoms with E-state index < -0.39 is 0 Å². The van der Waals surface area contributed by atoms with Crippen molar-refractivity contribution in [3.8, 4) is 0 Å². The smallest absolute Gasteiger partial charge is 0.244 e. The fraction of sp³-hybridized carbons (Fsp3) is 0.200. The van der Waals surface area contributed by atoms with Gasteiger partial charge in [-0.15, -0.1) is 11.3 Å². The second-order valence-electron chi connectivity index (χ2n) is 4.25. The van der Waals surface area contributed by atoms with Crippen molar-refractivity contribution in [3.63, 3.8) is 0 Å². The van der Waals surface area contributed by atoms with E-state index in [9.17, 15) is 9.59 Å². The predicted molar refractivity (Wildman–Crippen MR) is 81.8 cm³/mol. The molecule has 2 amide bonds. The van der Waals surface area contributed by atoms with Crippen molar-refractivity contribution in [1.29, 1.82) is 0 Å². The summed E-state index contributed by atoms with van der Waals surface area (Å²) in [6.45, 7) is 0.531. The molecule has 0 saturated carbocycles. The van der Waals surface area contributed by atoms with Crippen LogP contribution in [0.5, 0.6) is 0 Å². The molecule has 0 saturated heterocycles. The first-order chi connectivity index (χ1) is 10.2. The third-order valence-corrected chi connectivity index (χ3v) is 3.58. The van der Waals surface area contributed by atoms with Crippen molar-refractivity contribution in [2.75, 3.05) is 13.1 Å². The average molecular weight is 304 g/mol. The third-order valence-electron chi connectivity index (χ3n) is 2.64. The molecule has 0 atom stereocenters. The summed E-state index contributed by atoms with van der Waals surface area (Å²) in [5, 5.41) is 7.27. The number of carbonyl (C=O) groups excluding carboxylic acids is 2. The van der Waals surface area contributed by atoms with Gasteiger partial charge in [-0.2, -0.15) is 0 Å². The first kappa shape index (κ1) is 15.1. The van der Waals surface area contributed by atoms with Gasteiger partial charge in [-0.25, -0.2) is 0 Å². The molecule has 0 bridgehead atoms. The molecule has 0 aliphatic heterocycles. The Balaban J connectivity index is 1.61. The Kier molecular flexibility index (Phi) is 5.78. The van der Waals surface area contributed by atoms with Crippen LogP contribution in [0.4, 0.5) is 0 Å². The maximum atomic E-state index is 11.5. The molecule has 0 unspecified atom stereocenters. The lowest BCUT2D eigenvalue weighted by Gasteiger charge is -2.04. The fourth-order valence-electron chi connectivity index (χ4n) is 1.61. The summed E-state index contributed by atoms with van der Waals surface area (Å²) in [5.41, 5.74) is 0. The first-order valence-corrected chi connectivity index (χ1v) is 7.40. The predicted octanol–water partition coefficient (Wildman–Crippen LogP) is 1.83. The number of carbonyl (C=O) groups is 2. The van der Waals surface area contributed by atoms with E-state index in [0.717, 1.165) is 6.42 Å². The van der Waals surface area contributed by atoms with Crippen molar-refractivity contribution in [2.45, 2.75) is 6.42 Å². The Hall–Kier alpha value is -2.34. The molecule has 2 N–H and O–H groups in total. The zero-order valence-electron chi connectivity index (χ0n) is 11.4. The molecule has 2 heterocycles. The Morgan fingerprint density at radius 1 is 1.24 bits per heavy atom. The molecule has 0 fully saturated rings. The lowest BCUT2D eigenvalue weighted by molar-refractivity contribution is -0.123. The van der Waals surface area contributed by atoms with Gasteiger partial charge in [-0.05, 0) is 36.1 Å². The minimum Gasteiger partial charge on any atom is -0.465 e. The Labute approximate surface area is 126 Å². The van der Waals surface area contributed by atoms with Gasteiger partial charge in [0.25, 0.3) is 0 Å². The molecule has 0 aliphatic rings. The van der Waals surface area contributed by atoms with Gasteiger partial charge < -0.3 is 15.1 Å². The van der Waals surface area contributed by atoms with E-state index in [1.54, 1.807) is 29.5 Å². The molecule has 110 valence electrons. The Morgan fingerprint density at radius 2 is 2.14 bits per heavy atom. The summed E-state index contributed by atoms with van der Waals surface area (Å²) in [5.74, 6) is 0.0525. The SMILES string of the molecule is O=C(C=Cc1ccco1)NCC(=O)NCCc1cccs1.